The molecule has 1 fully saturated rings. The Morgan fingerprint density at radius 2 is 1.68 bits per heavy atom. The summed E-state index contributed by atoms with van der Waals surface area (Å²) in [6, 6.07) is 17.4. The molecule has 1 heterocycles. The van der Waals surface area contributed by atoms with Gasteiger partial charge >= 0.3 is 0 Å². The highest BCUT2D eigenvalue weighted by Gasteiger charge is 2.29. The number of aryl methyl sites for hydroxylation is 1. The fourth-order valence-corrected chi connectivity index (χ4v) is 4.66. The number of carbonyl (C=O) groups excluding carboxylic acids is 2. The van der Waals surface area contributed by atoms with Crippen LogP contribution in [0.4, 0.5) is 15.8 Å². The predicted molar refractivity (Wildman–Crippen MR) is 142 cm³/mol. The zero-order valence-electron chi connectivity index (χ0n) is 21.4. The summed E-state index contributed by atoms with van der Waals surface area (Å²) in [6.07, 6.45) is 1.60. The molecule has 1 aliphatic rings. The molecule has 1 N–H and O–H groups in total. The van der Waals surface area contributed by atoms with Gasteiger partial charge in [-0.25, -0.2) is 4.39 Å². The van der Waals surface area contributed by atoms with Gasteiger partial charge in [-0.3, -0.25) is 19.7 Å². The lowest BCUT2D eigenvalue weighted by molar-refractivity contribution is -0.385. The van der Waals surface area contributed by atoms with Gasteiger partial charge < -0.3 is 15.0 Å². The van der Waals surface area contributed by atoms with E-state index in [-0.39, 0.29) is 41.7 Å². The van der Waals surface area contributed by atoms with E-state index in [1.54, 1.807) is 4.90 Å². The first-order valence-electron chi connectivity index (χ1n) is 12.5. The summed E-state index contributed by atoms with van der Waals surface area (Å²) in [6.45, 7) is 4.52. The Morgan fingerprint density at radius 3 is 2.32 bits per heavy atom. The number of piperidine rings is 1. The Bertz CT molecular complexity index is 1320. The number of hydrogen-bond donors (Lipinski definition) is 1. The van der Waals surface area contributed by atoms with Crippen LogP contribution in [0.25, 0.3) is 0 Å². The molecule has 9 heteroatoms. The summed E-state index contributed by atoms with van der Waals surface area (Å²) in [5.41, 5.74) is 2.47. The third-order valence-electron chi connectivity index (χ3n) is 6.86. The molecular formula is C29H30FN3O5. The van der Waals surface area contributed by atoms with Gasteiger partial charge in [-0.05, 0) is 68.5 Å². The molecule has 1 saturated heterocycles. The summed E-state index contributed by atoms with van der Waals surface area (Å²) < 4.78 is 20.0. The molecule has 0 unspecified atom stereocenters. The summed E-state index contributed by atoms with van der Waals surface area (Å²) in [7, 11) is 0. The molecule has 4 rings (SSSR count). The first kappa shape index (κ1) is 26.8. The third-order valence-corrected chi connectivity index (χ3v) is 6.86. The first-order chi connectivity index (χ1) is 18.2. The highest BCUT2D eigenvalue weighted by molar-refractivity contribution is 5.97. The molecule has 0 spiro atoms. The molecule has 38 heavy (non-hydrogen) atoms. The summed E-state index contributed by atoms with van der Waals surface area (Å²) >= 11 is 0. The van der Waals surface area contributed by atoms with Crippen LogP contribution in [0.2, 0.25) is 0 Å². The maximum absolute atomic E-state index is 14.4. The number of ether oxygens (including phenoxy) is 1. The zero-order valence-corrected chi connectivity index (χ0v) is 21.4. The van der Waals surface area contributed by atoms with Crippen molar-refractivity contribution >= 4 is 23.2 Å². The maximum atomic E-state index is 14.4. The normalized spacial score (nSPS) is 13.7. The largest absolute Gasteiger partial charge is 0.493 e. The maximum Gasteiger partial charge on any atom is 0.273 e. The van der Waals surface area contributed by atoms with E-state index in [2.05, 4.69) is 5.32 Å². The molecule has 2 amide bonds. The van der Waals surface area contributed by atoms with Crippen LogP contribution in [0.5, 0.6) is 5.75 Å². The van der Waals surface area contributed by atoms with Crippen molar-refractivity contribution in [1.29, 1.82) is 0 Å². The van der Waals surface area contributed by atoms with E-state index >= 15 is 0 Å². The van der Waals surface area contributed by atoms with Crippen LogP contribution in [-0.4, -0.2) is 41.3 Å². The number of carbonyl (C=O) groups is 2. The molecule has 3 aromatic carbocycles. The fraction of sp³-hybridized carbons (Fsp3) is 0.310. The standard InChI is InChI=1S/C29H30FN3O5/c1-19-3-9-24(10-4-19)38-18-15-27(34)31-23-7-5-21(6-8-23)22-13-16-32(17-14-22)29(35)28-20(2)26(33(36)37)12-11-25(28)30/h3-12,22H,13-18H2,1-2H3,(H,31,34). The molecule has 198 valence electrons. The molecule has 0 radical (unpaired) electrons. The van der Waals surface area contributed by atoms with Gasteiger partial charge in [0.25, 0.3) is 11.6 Å². The lowest BCUT2D eigenvalue weighted by Crippen LogP contribution is -2.38. The summed E-state index contributed by atoms with van der Waals surface area (Å²) in [5, 5.41) is 14.1. The van der Waals surface area contributed by atoms with Crippen molar-refractivity contribution in [1.82, 2.24) is 4.90 Å². The van der Waals surface area contributed by atoms with Crippen molar-refractivity contribution in [3.63, 3.8) is 0 Å². The van der Waals surface area contributed by atoms with E-state index in [0.29, 0.717) is 31.6 Å². The Kier molecular flexibility index (Phi) is 8.35. The Hall–Kier alpha value is -4.27. The van der Waals surface area contributed by atoms with Crippen LogP contribution in [0.1, 0.15) is 52.2 Å². The van der Waals surface area contributed by atoms with Crippen molar-refractivity contribution in [3.05, 3.63) is 98.8 Å². The Balaban J connectivity index is 1.27. The van der Waals surface area contributed by atoms with Crippen molar-refractivity contribution in [2.45, 2.75) is 39.0 Å². The second-order valence-electron chi connectivity index (χ2n) is 9.47. The molecular weight excluding hydrogens is 489 g/mol. The first-order valence-corrected chi connectivity index (χ1v) is 12.5. The number of nitro benzene ring substituents is 1. The average molecular weight is 520 g/mol. The van der Waals surface area contributed by atoms with Gasteiger partial charge in [-0.1, -0.05) is 29.8 Å². The minimum atomic E-state index is -0.750. The fourth-order valence-electron chi connectivity index (χ4n) is 4.66. The molecule has 8 nitrogen and oxygen atoms in total. The van der Waals surface area contributed by atoms with Crippen LogP contribution in [0.3, 0.4) is 0 Å². The number of benzene rings is 3. The van der Waals surface area contributed by atoms with Gasteiger partial charge in [-0.2, -0.15) is 0 Å². The lowest BCUT2D eigenvalue weighted by Gasteiger charge is -2.32. The predicted octanol–water partition coefficient (Wildman–Crippen LogP) is 5.78. The topological polar surface area (TPSA) is 102 Å². The van der Waals surface area contributed by atoms with E-state index < -0.39 is 16.6 Å². The number of halogens is 1. The monoisotopic (exact) mass is 519 g/mol. The number of hydrogen-bond acceptors (Lipinski definition) is 5. The van der Waals surface area contributed by atoms with Crippen LogP contribution < -0.4 is 10.1 Å². The molecule has 0 aromatic heterocycles. The molecule has 0 bridgehead atoms. The Morgan fingerprint density at radius 1 is 1.03 bits per heavy atom. The van der Waals surface area contributed by atoms with Crippen molar-refractivity contribution < 1.29 is 23.6 Å². The van der Waals surface area contributed by atoms with E-state index in [9.17, 15) is 24.1 Å². The van der Waals surface area contributed by atoms with E-state index in [0.717, 1.165) is 29.0 Å². The highest BCUT2D eigenvalue weighted by atomic mass is 19.1. The second-order valence-corrected chi connectivity index (χ2v) is 9.47. The van der Waals surface area contributed by atoms with Crippen molar-refractivity contribution in [2.24, 2.45) is 0 Å². The zero-order chi connectivity index (χ0) is 27.2. The minimum absolute atomic E-state index is 0.0430. The number of nitro groups is 1. The van der Waals surface area contributed by atoms with E-state index in [4.69, 9.17) is 4.74 Å². The number of nitrogens with one attached hydrogen (secondary N) is 1. The minimum Gasteiger partial charge on any atom is -0.493 e. The number of likely N-dealkylation sites (tertiary alicyclic amines) is 1. The lowest BCUT2D eigenvalue weighted by atomic mass is 9.89. The van der Waals surface area contributed by atoms with Crippen LogP contribution in [0, 0.1) is 29.8 Å². The highest BCUT2D eigenvalue weighted by Crippen LogP contribution is 2.31. The Labute approximate surface area is 220 Å². The van der Waals surface area contributed by atoms with Crippen molar-refractivity contribution in [2.75, 3.05) is 25.0 Å². The summed E-state index contributed by atoms with van der Waals surface area (Å²) in [4.78, 5) is 37.4. The molecule has 3 aromatic rings. The van der Waals surface area contributed by atoms with E-state index in [1.807, 2.05) is 55.5 Å². The van der Waals surface area contributed by atoms with Crippen LogP contribution >= 0.6 is 0 Å². The van der Waals surface area contributed by atoms with Gasteiger partial charge in [0.05, 0.1) is 23.5 Å². The number of amides is 2. The average Bonchev–Trinajstić information content (AvgIpc) is 2.90. The van der Waals surface area contributed by atoms with Gasteiger partial charge in [-0.15, -0.1) is 0 Å². The van der Waals surface area contributed by atoms with Crippen LogP contribution in [-0.2, 0) is 4.79 Å². The van der Waals surface area contributed by atoms with Gasteiger partial charge in [0, 0.05) is 30.4 Å². The molecule has 0 saturated carbocycles. The smallest absolute Gasteiger partial charge is 0.273 e. The number of rotatable bonds is 8. The van der Waals surface area contributed by atoms with E-state index in [1.165, 1.54) is 6.92 Å². The van der Waals surface area contributed by atoms with Gasteiger partial charge in [0.2, 0.25) is 5.91 Å². The summed E-state index contributed by atoms with van der Waals surface area (Å²) in [5.74, 6) is -0.472. The molecule has 0 atom stereocenters. The van der Waals surface area contributed by atoms with Gasteiger partial charge in [0.15, 0.2) is 0 Å². The SMILES string of the molecule is Cc1ccc(OCCC(=O)Nc2ccc(C3CCN(C(=O)c4c(F)ccc([N+](=O)[O-])c4C)CC3)cc2)cc1. The quantitative estimate of drug-likeness (QED) is 0.300. The third kappa shape index (κ3) is 6.34. The number of nitrogens with zero attached hydrogens (tertiary/aromatic N) is 2. The van der Waals surface area contributed by atoms with Crippen molar-refractivity contribution in [3.8, 4) is 5.75 Å². The van der Waals surface area contributed by atoms with Gasteiger partial charge in [0.1, 0.15) is 11.6 Å². The van der Waals surface area contributed by atoms with Crippen LogP contribution in [0.15, 0.2) is 60.7 Å². The second kappa shape index (κ2) is 11.9. The molecule has 1 aliphatic heterocycles. The number of anilines is 1. The molecule has 0 aliphatic carbocycles.